The van der Waals surface area contributed by atoms with Crippen molar-refractivity contribution in [3.63, 3.8) is 0 Å². The van der Waals surface area contributed by atoms with Gasteiger partial charge in [-0.1, -0.05) is 0 Å². The molecule has 5 nitrogen and oxygen atoms in total. The van der Waals surface area contributed by atoms with E-state index in [0.717, 1.165) is 15.4 Å². The van der Waals surface area contributed by atoms with Crippen LogP contribution in [0.25, 0.3) is 10.9 Å². The smallest absolute Gasteiger partial charge is 0.171 e. The van der Waals surface area contributed by atoms with Crippen LogP contribution < -0.4 is 4.74 Å². The summed E-state index contributed by atoms with van der Waals surface area (Å²) in [5, 5.41) is 23.1. The van der Waals surface area contributed by atoms with Crippen molar-refractivity contribution in [2.75, 3.05) is 6.61 Å². The van der Waals surface area contributed by atoms with Crippen LogP contribution >= 0.6 is 15.9 Å². The molecule has 0 fully saturated rings. The summed E-state index contributed by atoms with van der Waals surface area (Å²) in [7, 11) is 1.77. The first-order valence-electron chi connectivity index (χ1n) is 5.40. The van der Waals surface area contributed by atoms with E-state index in [1.165, 1.54) is 0 Å². The van der Waals surface area contributed by atoms with Crippen LogP contribution in [0.1, 0.15) is 12.6 Å². The normalized spacial score (nSPS) is 12.4. The van der Waals surface area contributed by atoms with Crippen molar-refractivity contribution in [2.24, 2.45) is 7.05 Å². The van der Waals surface area contributed by atoms with Crippen molar-refractivity contribution >= 4 is 26.8 Å². The minimum Gasteiger partial charge on any atom is -0.491 e. The lowest BCUT2D eigenvalue weighted by Gasteiger charge is -2.09. The van der Waals surface area contributed by atoms with Crippen molar-refractivity contribution in [1.29, 1.82) is 5.26 Å². The molecule has 1 aromatic heterocycles. The molecule has 1 atom stereocenters. The zero-order valence-electron chi connectivity index (χ0n) is 10.0. The Bertz CT molecular complexity index is 628. The Labute approximate surface area is 113 Å². The molecule has 18 heavy (non-hydrogen) atoms. The number of aryl methyl sites for hydroxylation is 1. The topological polar surface area (TPSA) is 71.1 Å². The minimum atomic E-state index is -0.527. The first-order chi connectivity index (χ1) is 8.52. The largest absolute Gasteiger partial charge is 0.491 e. The molecule has 0 aliphatic rings. The fourth-order valence-corrected chi connectivity index (χ4v) is 2.31. The summed E-state index contributed by atoms with van der Waals surface area (Å²) in [5.74, 6) is 0.628. The van der Waals surface area contributed by atoms with Crippen LogP contribution in [-0.4, -0.2) is 27.6 Å². The number of rotatable bonds is 3. The number of aromatic nitrogens is 2. The Morgan fingerprint density at radius 2 is 2.33 bits per heavy atom. The average Bonchev–Trinajstić information content (AvgIpc) is 2.64. The summed E-state index contributed by atoms with van der Waals surface area (Å²) >= 11 is 3.41. The van der Waals surface area contributed by atoms with Gasteiger partial charge >= 0.3 is 0 Å². The molecule has 2 rings (SSSR count). The summed E-state index contributed by atoms with van der Waals surface area (Å²) in [6.45, 7) is 1.88. The van der Waals surface area contributed by atoms with Crippen LogP contribution in [0.15, 0.2) is 16.6 Å². The Morgan fingerprint density at radius 3 is 2.94 bits per heavy atom. The number of hydrogen-bond donors (Lipinski definition) is 1. The first-order valence-corrected chi connectivity index (χ1v) is 6.19. The van der Waals surface area contributed by atoms with E-state index in [0.29, 0.717) is 11.4 Å². The van der Waals surface area contributed by atoms with Crippen LogP contribution in [0, 0.1) is 11.3 Å². The van der Waals surface area contributed by atoms with Crippen LogP contribution in [0.2, 0.25) is 0 Å². The van der Waals surface area contributed by atoms with E-state index >= 15 is 0 Å². The van der Waals surface area contributed by atoms with Gasteiger partial charge in [-0.25, -0.2) is 0 Å². The lowest BCUT2D eigenvalue weighted by molar-refractivity contribution is 0.123. The predicted molar refractivity (Wildman–Crippen MR) is 70.3 cm³/mol. The van der Waals surface area contributed by atoms with Crippen LogP contribution in [0.3, 0.4) is 0 Å². The Morgan fingerprint density at radius 1 is 1.61 bits per heavy atom. The molecule has 0 spiro atoms. The van der Waals surface area contributed by atoms with Gasteiger partial charge in [-0.05, 0) is 28.9 Å². The molecule has 0 saturated carbocycles. The Kier molecular flexibility index (Phi) is 3.55. The predicted octanol–water partition coefficient (Wildman–Crippen LogP) is 1.97. The maximum absolute atomic E-state index is 9.20. The number of benzene rings is 1. The Hall–Kier alpha value is -1.58. The van der Waals surface area contributed by atoms with E-state index in [-0.39, 0.29) is 6.61 Å². The Balaban J connectivity index is 2.50. The van der Waals surface area contributed by atoms with E-state index in [1.54, 1.807) is 30.8 Å². The SMILES string of the molecule is CC(O)COc1cc(Br)c2c(C#N)nn(C)c2c1. The molecule has 0 saturated heterocycles. The van der Waals surface area contributed by atoms with Gasteiger partial charge in [0.05, 0.1) is 17.0 Å². The molecule has 94 valence electrons. The molecule has 6 heteroatoms. The third-order valence-electron chi connectivity index (χ3n) is 2.48. The standard InChI is InChI=1S/C12H12BrN3O2/c1-7(17)6-18-8-3-9(13)12-10(5-14)15-16(2)11(12)4-8/h3-4,7,17H,6H2,1-2H3. The highest BCUT2D eigenvalue weighted by molar-refractivity contribution is 9.10. The fraction of sp³-hybridized carbons (Fsp3) is 0.333. The summed E-state index contributed by atoms with van der Waals surface area (Å²) in [5.41, 5.74) is 1.18. The quantitative estimate of drug-likeness (QED) is 0.941. The van der Waals surface area contributed by atoms with Crippen molar-refractivity contribution in [3.05, 3.63) is 22.3 Å². The van der Waals surface area contributed by atoms with Gasteiger partial charge in [-0.15, -0.1) is 0 Å². The highest BCUT2D eigenvalue weighted by atomic mass is 79.9. The lowest BCUT2D eigenvalue weighted by Crippen LogP contribution is -2.12. The first kappa shape index (κ1) is 12.9. The van der Waals surface area contributed by atoms with Crippen LogP contribution in [0.4, 0.5) is 0 Å². The van der Waals surface area contributed by atoms with Gasteiger partial charge in [0.15, 0.2) is 5.69 Å². The molecule has 2 aromatic rings. The lowest BCUT2D eigenvalue weighted by atomic mass is 10.2. The zero-order valence-corrected chi connectivity index (χ0v) is 11.6. The van der Waals surface area contributed by atoms with Gasteiger partial charge in [0.2, 0.25) is 0 Å². The molecule has 1 unspecified atom stereocenters. The second-order valence-electron chi connectivity index (χ2n) is 4.04. The minimum absolute atomic E-state index is 0.223. The average molecular weight is 310 g/mol. The molecule has 0 bridgehead atoms. The molecule has 1 N–H and O–H groups in total. The van der Waals surface area contributed by atoms with Crippen molar-refractivity contribution in [3.8, 4) is 11.8 Å². The number of fused-ring (bicyclic) bond motifs is 1. The third-order valence-corrected chi connectivity index (χ3v) is 3.10. The number of aliphatic hydroxyl groups is 1. The summed E-state index contributed by atoms with van der Waals surface area (Å²) in [4.78, 5) is 0. The molecule has 0 aliphatic heterocycles. The van der Waals surface area contributed by atoms with Crippen molar-refractivity contribution in [1.82, 2.24) is 9.78 Å². The second-order valence-corrected chi connectivity index (χ2v) is 4.90. The van der Waals surface area contributed by atoms with Crippen LogP contribution in [-0.2, 0) is 7.05 Å². The highest BCUT2D eigenvalue weighted by Gasteiger charge is 2.13. The molecule has 0 aliphatic carbocycles. The van der Waals surface area contributed by atoms with Crippen molar-refractivity contribution < 1.29 is 9.84 Å². The van der Waals surface area contributed by atoms with Gasteiger partial charge in [0.1, 0.15) is 18.4 Å². The molecular formula is C12H12BrN3O2. The maximum Gasteiger partial charge on any atom is 0.171 e. The van der Waals surface area contributed by atoms with E-state index in [2.05, 4.69) is 27.1 Å². The number of nitrogens with zero attached hydrogens (tertiary/aromatic N) is 3. The fourth-order valence-electron chi connectivity index (χ4n) is 1.69. The molecule has 1 aromatic carbocycles. The van der Waals surface area contributed by atoms with Gasteiger partial charge < -0.3 is 9.84 Å². The van der Waals surface area contributed by atoms with E-state index in [9.17, 15) is 5.11 Å². The van der Waals surface area contributed by atoms with E-state index in [4.69, 9.17) is 10.00 Å². The molecule has 1 heterocycles. The number of ether oxygens (including phenoxy) is 1. The van der Waals surface area contributed by atoms with Crippen LogP contribution in [0.5, 0.6) is 5.75 Å². The van der Waals surface area contributed by atoms with Gasteiger partial charge in [-0.2, -0.15) is 10.4 Å². The molecular weight excluding hydrogens is 298 g/mol. The summed E-state index contributed by atoms with van der Waals surface area (Å²) in [6, 6.07) is 5.63. The number of halogens is 1. The maximum atomic E-state index is 9.20. The number of nitriles is 1. The van der Waals surface area contributed by atoms with E-state index in [1.807, 2.05) is 0 Å². The summed E-state index contributed by atoms with van der Waals surface area (Å²) in [6.07, 6.45) is -0.527. The highest BCUT2D eigenvalue weighted by Crippen LogP contribution is 2.31. The van der Waals surface area contributed by atoms with E-state index < -0.39 is 6.10 Å². The molecule has 0 amide bonds. The van der Waals surface area contributed by atoms with Gasteiger partial charge in [-0.3, -0.25) is 4.68 Å². The zero-order chi connectivity index (χ0) is 13.3. The van der Waals surface area contributed by atoms with Crippen molar-refractivity contribution in [2.45, 2.75) is 13.0 Å². The summed E-state index contributed by atoms with van der Waals surface area (Å²) < 4.78 is 7.84. The second kappa shape index (κ2) is 4.96. The monoisotopic (exact) mass is 309 g/mol. The van der Waals surface area contributed by atoms with Gasteiger partial charge in [0, 0.05) is 17.6 Å². The van der Waals surface area contributed by atoms with Gasteiger partial charge in [0.25, 0.3) is 0 Å². The molecule has 0 radical (unpaired) electrons. The number of aliphatic hydroxyl groups excluding tert-OH is 1. The third kappa shape index (κ3) is 2.33. The number of hydrogen-bond acceptors (Lipinski definition) is 4.